The molecule has 8 heteroatoms. The fraction of sp³-hybridized carbons (Fsp3) is 0.280. The van der Waals surface area contributed by atoms with Crippen molar-refractivity contribution in [1.29, 1.82) is 0 Å². The highest BCUT2D eigenvalue weighted by Crippen LogP contribution is 2.26. The minimum absolute atomic E-state index is 0.000549. The number of sulfonamides is 1. The number of carbonyl (C=O) groups is 2. The second-order valence-electron chi connectivity index (χ2n) is 7.74. The molecule has 2 N–H and O–H groups in total. The zero-order chi connectivity index (χ0) is 23.8. The molecule has 1 aromatic heterocycles. The van der Waals surface area contributed by atoms with Gasteiger partial charge in [0.2, 0.25) is 15.9 Å². The first-order valence-electron chi connectivity index (χ1n) is 10.8. The number of aryl methyl sites for hydroxylation is 1. The lowest BCUT2D eigenvalue weighted by Crippen LogP contribution is -2.33. The van der Waals surface area contributed by atoms with Crippen molar-refractivity contribution in [3.63, 3.8) is 0 Å². The van der Waals surface area contributed by atoms with Crippen LogP contribution in [0.4, 0.5) is 0 Å². The van der Waals surface area contributed by atoms with Crippen molar-refractivity contribution < 1.29 is 18.0 Å². The molecule has 1 atom stereocenters. The molecule has 33 heavy (non-hydrogen) atoms. The van der Waals surface area contributed by atoms with E-state index in [1.54, 1.807) is 11.3 Å². The lowest BCUT2D eigenvalue weighted by molar-refractivity contribution is -0.121. The summed E-state index contributed by atoms with van der Waals surface area (Å²) in [4.78, 5) is 25.1. The molecule has 0 aliphatic carbocycles. The van der Waals surface area contributed by atoms with Gasteiger partial charge in [0.15, 0.2) is 5.78 Å². The first kappa shape index (κ1) is 24.8. The Morgan fingerprint density at radius 3 is 2.27 bits per heavy atom. The van der Waals surface area contributed by atoms with Gasteiger partial charge in [-0.15, -0.1) is 11.3 Å². The van der Waals surface area contributed by atoms with E-state index in [1.807, 2.05) is 29.6 Å². The molecule has 6 nitrogen and oxygen atoms in total. The van der Waals surface area contributed by atoms with Crippen LogP contribution in [0, 0.1) is 0 Å². The van der Waals surface area contributed by atoms with Crippen molar-refractivity contribution in [3.05, 3.63) is 87.6 Å². The Bertz CT molecular complexity index is 1170. The van der Waals surface area contributed by atoms with E-state index < -0.39 is 10.0 Å². The summed E-state index contributed by atoms with van der Waals surface area (Å²) in [7, 11) is -3.77. The van der Waals surface area contributed by atoms with E-state index in [2.05, 4.69) is 29.1 Å². The normalized spacial score (nSPS) is 12.3. The van der Waals surface area contributed by atoms with Crippen LogP contribution >= 0.6 is 11.3 Å². The van der Waals surface area contributed by atoms with E-state index in [1.165, 1.54) is 36.8 Å². The van der Waals surface area contributed by atoms with E-state index in [9.17, 15) is 18.0 Å². The Kier molecular flexibility index (Phi) is 8.55. The zero-order valence-electron chi connectivity index (χ0n) is 18.7. The Labute approximate surface area is 199 Å². The molecule has 0 bridgehead atoms. The Morgan fingerprint density at radius 1 is 1.00 bits per heavy atom. The van der Waals surface area contributed by atoms with Crippen LogP contribution in [0.25, 0.3) is 0 Å². The van der Waals surface area contributed by atoms with Gasteiger partial charge < -0.3 is 5.32 Å². The maximum Gasteiger partial charge on any atom is 0.240 e. The highest BCUT2D eigenvalue weighted by Gasteiger charge is 2.19. The molecule has 0 aliphatic rings. The molecule has 1 amide bonds. The van der Waals surface area contributed by atoms with Gasteiger partial charge in [-0.1, -0.05) is 55.8 Å². The van der Waals surface area contributed by atoms with Crippen molar-refractivity contribution in [2.24, 2.45) is 0 Å². The molecule has 3 rings (SSSR count). The molecule has 0 aliphatic heterocycles. The van der Waals surface area contributed by atoms with Crippen LogP contribution in [0.5, 0.6) is 0 Å². The summed E-state index contributed by atoms with van der Waals surface area (Å²) in [5.74, 6) is -0.385. The number of amides is 1. The smallest absolute Gasteiger partial charge is 0.240 e. The molecule has 1 heterocycles. The lowest BCUT2D eigenvalue weighted by Gasteiger charge is -2.19. The zero-order valence-corrected chi connectivity index (χ0v) is 20.3. The van der Waals surface area contributed by atoms with Crippen molar-refractivity contribution in [1.82, 2.24) is 10.0 Å². The van der Waals surface area contributed by atoms with Crippen LogP contribution in [-0.2, 0) is 21.2 Å². The van der Waals surface area contributed by atoms with Crippen LogP contribution in [-0.4, -0.2) is 26.7 Å². The summed E-state index contributed by atoms with van der Waals surface area (Å²) < 4.78 is 27.4. The van der Waals surface area contributed by atoms with Crippen LogP contribution < -0.4 is 10.0 Å². The van der Waals surface area contributed by atoms with Crippen molar-refractivity contribution in [2.45, 2.75) is 44.0 Å². The predicted molar refractivity (Wildman–Crippen MR) is 131 cm³/mol. The summed E-state index contributed by atoms with van der Waals surface area (Å²) in [5.41, 5.74) is 2.68. The van der Waals surface area contributed by atoms with Crippen molar-refractivity contribution in [2.75, 3.05) is 6.54 Å². The second-order valence-corrected chi connectivity index (χ2v) is 10.5. The number of rotatable bonds is 11. The van der Waals surface area contributed by atoms with Crippen LogP contribution in [0.2, 0.25) is 0 Å². The highest BCUT2D eigenvalue weighted by atomic mass is 32.2. The molecule has 0 saturated heterocycles. The third-order valence-corrected chi connectivity index (χ3v) is 7.61. The molecule has 0 fully saturated rings. The third-order valence-electron chi connectivity index (χ3n) is 5.20. The fourth-order valence-electron chi connectivity index (χ4n) is 3.42. The molecular formula is C25H28N2O4S2. The number of nitrogens with one attached hydrogen (secondary N) is 2. The summed E-state index contributed by atoms with van der Waals surface area (Å²) in [6.45, 7) is 3.52. The van der Waals surface area contributed by atoms with Gasteiger partial charge in [0.1, 0.15) is 0 Å². The van der Waals surface area contributed by atoms with Gasteiger partial charge in [0.25, 0.3) is 0 Å². The Balaban J connectivity index is 1.61. The number of thiophene rings is 1. The molecular weight excluding hydrogens is 456 g/mol. The predicted octanol–water partition coefficient (Wildman–Crippen LogP) is 4.48. The molecule has 1 unspecified atom stereocenters. The monoisotopic (exact) mass is 484 g/mol. The van der Waals surface area contributed by atoms with Gasteiger partial charge in [0.05, 0.1) is 10.9 Å². The number of carbonyl (C=O) groups excluding carboxylic acids is 2. The number of benzene rings is 2. The summed E-state index contributed by atoms with van der Waals surface area (Å²) in [5, 5.41) is 5.00. The quantitative estimate of drug-likeness (QED) is 0.393. The van der Waals surface area contributed by atoms with E-state index in [-0.39, 0.29) is 35.6 Å². The van der Waals surface area contributed by atoms with E-state index in [4.69, 9.17) is 0 Å². The molecule has 0 saturated carbocycles. The minimum Gasteiger partial charge on any atom is -0.344 e. The third kappa shape index (κ3) is 6.83. The Hall–Kier alpha value is -2.81. The SMILES string of the molecule is CCCc1ccc(C(NC(=O)CCNS(=O)(=O)c2ccc(C(C)=O)cc2)c2cccs2)cc1. The molecule has 0 spiro atoms. The lowest BCUT2D eigenvalue weighted by atomic mass is 10.0. The molecule has 3 aromatic rings. The average Bonchev–Trinajstić information content (AvgIpc) is 3.33. The number of ketones is 1. The van der Waals surface area contributed by atoms with E-state index in [0.717, 1.165) is 23.3 Å². The molecule has 2 aromatic carbocycles. The number of Topliss-reactive ketones (excluding diaryl/α,β-unsaturated/α-hetero) is 1. The fourth-order valence-corrected chi connectivity index (χ4v) is 5.26. The molecule has 174 valence electrons. The van der Waals surface area contributed by atoms with Gasteiger partial charge in [-0.3, -0.25) is 9.59 Å². The summed E-state index contributed by atoms with van der Waals surface area (Å²) >= 11 is 1.56. The molecule has 0 radical (unpaired) electrons. The van der Waals surface area contributed by atoms with Gasteiger partial charge in [0, 0.05) is 23.4 Å². The topological polar surface area (TPSA) is 92.3 Å². The van der Waals surface area contributed by atoms with Gasteiger partial charge in [-0.2, -0.15) is 0 Å². The highest BCUT2D eigenvalue weighted by molar-refractivity contribution is 7.89. The number of hydrogen-bond donors (Lipinski definition) is 2. The van der Waals surface area contributed by atoms with Crippen LogP contribution in [0.3, 0.4) is 0 Å². The van der Waals surface area contributed by atoms with Crippen LogP contribution in [0.15, 0.2) is 70.9 Å². The first-order valence-corrected chi connectivity index (χ1v) is 13.2. The van der Waals surface area contributed by atoms with E-state index >= 15 is 0 Å². The average molecular weight is 485 g/mol. The van der Waals surface area contributed by atoms with Gasteiger partial charge in [-0.05, 0) is 48.1 Å². The summed E-state index contributed by atoms with van der Waals surface area (Å²) in [6, 6.07) is 17.6. The van der Waals surface area contributed by atoms with Crippen molar-refractivity contribution >= 4 is 33.1 Å². The van der Waals surface area contributed by atoms with E-state index in [0.29, 0.717) is 5.56 Å². The largest absolute Gasteiger partial charge is 0.344 e. The maximum absolute atomic E-state index is 12.7. The van der Waals surface area contributed by atoms with Gasteiger partial charge in [-0.25, -0.2) is 13.1 Å². The number of hydrogen-bond acceptors (Lipinski definition) is 5. The Morgan fingerprint density at radius 2 is 1.70 bits per heavy atom. The second kappa shape index (κ2) is 11.4. The minimum atomic E-state index is -3.77. The van der Waals surface area contributed by atoms with Gasteiger partial charge >= 0.3 is 0 Å². The van der Waals surface area contributed by atoms with Crippen molar-refractivity contribution in [3.8, 4) is 0 Å². The standard InChI is InChI=1S/C25H28N2O4S2/c1-3-5-19-7-9-21(10-8-19)25(23-6-4-17-32-23)27-24(29)15-16-26-33(30,31)22-13-11-20(12-14-22)18(2)28/h4,6-14,17,25-26H,3,5,15-16H2,1-2H3,(H,27,29). The summed E-state index contributed by atoms with van der Waals surface area (Å²) in [6.07, 6.45) is 2.08. The van der Waals surface area contributed by atoms with Crippen LogP contribution in [0.1, 0.15) is 59.1 Å². The maximum atomic E-state index is 12.7. The first-order chi connectivity index (χ1) is 15.8.